The first-order valence-electron chi connectivity index (χ1n) is 6.61. The van der Waals surface area contributed by atoms with Crippen molar-refractivity contribution in [2.75, 3.05) is 18.5 Å². The van der Waals surface area contributed by atoms with Crippen LogP contribution in [0.4, 0.5) is 5.69 Å². The van der Waals surface area contributed by atoms with Gasteiger partial charge in [-0.15, -0.1) is 5.10 Å². The van der Waals surface area contributed by atoms with Gasteiger partial charge >= 0.3 is 0 Å². The second-order valence-electron chi connectivity index (χ2n) is 5.09. The van der Waals surface area contributed by atoms with Gasteiger partial charge in [-0.1, -0.05) is 17.3 Å². The highest BCUT2D eigenvalue weighted by Crippen LogP contribution is 2.27. The summed E-state index contributed by atoms with van der Waals surface area (Å²) in [6.07, 6.45) is 2.67. The molecule has 0 bridgehead atoms. The highest BCUT2D eigenvalue weighted by molar-refractivity contribution is 5.91. The molecule has 1 aromatic carbocycles. The summed E-state index contributed by atoms with van der Waals surface area (Å²) in [6.45, 7) is 1.57. The Balaban J connectivity index is 1.66. The lowest BCUT2D eigenvalue weighted by atomic mass is 10.1. The molecule has 0 fully saturated rings. The van der Waals surface area contributed by atoms with Crippen LogP contribution in [0.15, 0.2) is 24.4 Å². The quantitative estimate of drug-likeness (QED) is 0.894. The van der Waals surface area contributed by atoms with Crippen LogP contribution in [0, 0.1) is 0 Å². The number of fused-ring (bicyclic) bond motifs is 1. The van der Waals surface area contributed by atoms with Gasteiger partial charge in [-0.2, -0.15) is 0 Å². The van der Waals surface area contributed by atoms with Crippen LogP contribution in [0.25, 0.3) is 0 Å². The highest BCUT2D eigenvalue weighted by Gasteiger charge is 2.16. The van der Waals surface area contributed by atoms with Gasteiger partial charge in [0, 0.05) is 32.9 Å². The van der Waals surface area contributed by atoms with Crippen molar-refractivity contribution in [1.29, 1.82) is 0 Å². The summed E-state index contributed by atoms with van der Waals surface area (Å²) in [5.74, 6) is -0.198. The maximum atomic E-state index is 11.9. The number of nitrogens with zero attached hydrogens (tertiary/aromatic N) is 4. The number of likely N-dealkylation sites (N-methyl/N-ethyl adjacent to an activating group) is 1. The van der Waals surface area contributed by atoms with Crippen LogP contribution in [0.1, 0.15) is 21.6 Å². The first kappa shape index (κ1) is 12.7. The largest absolute Gasteiger partial charge is 0.374 e. The number of nitrogens with one attached hydrogen (secondary N) is 1. The van der Waals surface area contributed by atoms with Crippen LogP contribution >= 0.6 is 0 Å². The van der Waals surface area contributed by atoms with Gasteiger partial charge in [0.05, 0.1) is 6.20 Å². The van der Waals surface area contributed by atoms with Crippen LogP contribution in [-0.2, 0) is 20.0 Å². The molecule has 0 saturated carbocycles. The van der Waals surface area contributed by atoms with Gasteiger partial charge in [0.2, 0.25) is 0 Å². The Labute approximate surface area is 117 Å². The molecule has 6 nitrogen and oxygen atoms in total. The van der Waals surface area contributed by atoms with E-state index in [1.165, 1.54) is 15.9 Å². The predicted molar refractivity (Wildman–Crippen MR) is 75.6 cm³/mol. The number of amides is 1. The van der Waals surface area contributed by atoms with Crippen molar-refractivity contribution in [1.82, 2.24) is 20.3 Å². The Morgan fingerprint density at radius 3 is 3.00 bits per heavy atom. The minimum Gasteiger partial charge on any atom is -0.374 e. The van der Waals surface area contributed by atoms with E-state index in [-0.39, 0.29) is 5.91 Å². The predicted octanol–water partition coefficient (Wildman–Crippen LogP) is 0.737. The maximum Gasteiger partial charge on any atom is 0.273 e. The van der Waals surface area contributed by atoms with Crippen molar-refractivity contribution in [2.45, 2.75) is 13.0 Å². The third-order valence-corrected chi connectivity index (χ3v) is 3.56. The highest BCUT2D eigenvalue weighted by atomic mass is 16.2. The number of rotatable bonds is 3. The Morgan fingerprint density at radius 1 is 1.40 bits per heavy atom. The van der Waals surface area contributed by atoms with E-state index < -0.39 is 0 Å². The van der Waals surface area contributed by atoms with E-state index in [1.54, 1.807) is 13.2 Å². The molecule has 0 atom stereocenters. The summed E-state index contributed by atoms with van der Waals surface area (Å²) < 4.78 is 1.51. The lowest BCUT2D eigenvalue weighted by Crippen LogP contribution is -2.23. The zero-order chi connectivity index (χ0) is 14.1. The van der Waals surface area contributed by atoms with Crippen molar-refractivity contribution in [3.8, 4) is 0 Å². The monoisotopic (exact) mass is 271 g/mol. The van der Waals surface area contributed by atoms with Gasteiger partial charge in [0.25, 0.3) is 5.91 Å². The lowest BCUT2D eigenvalue weighted by molar-refractivity contribution is 0.0946. The molecule has 1 amide bonds. The van der Waals surface area contributed by atoms with Gasteiger partial charge in [-0.3, -0.25) is 9.48 Å². The number of benzene rings is 1. The molecule has 0 spiro atoms. The van der Waals surface area contributed by atoms with Crippen LogP contribution in [0.5, 0.6) is 0 Å². The average Bonchev–Trinajstić information content (AvgIpc) is 3.03. The van der Waals surface area contributed by atoms with E-state index in [4.69, 9.17) is 0 Å². The zero-order valence-electron chi connectivity index (χ0n) is 11.6. The van der Waals surface area contributed by atoms with E-state index in [0.717, 1.165) is 18.5 Å². The third kappa shape index (κ3) is 2.36. The normalized spacial score (nSPS) is 13.4. The number of carbonyl (C=O) groups excluding carboxylic acids is 1. The SMILES string of the molecule is CN1CCc2cc(CNC(=O)c3cn(C)nn3)ccc21. The standard InChI is InChI=1S/C14H17N5O/c1-18-6-5-11-7-10(3-4-13(11)18)8-15-14(20)12-9-19(2)17-16-12/h3-4,7,9H,5-6,8H2,1-2H3,(H,15,20). The van der Waals surface area contributed by atoms with Crippen LogP contribution in [0.3, 0.4) is 0 Å². The topological polar surface area (TPSA) is 63.1 Å². The second-order valence-corrected chi connectivity index (χ2v) is 5.09. The summed E-state index contributed by atoms with van der Waals surface area (Å²) in [7, 11) is 3.84. The molecule has 2 aromatic rings. The molecule has 0 aliphatic carbocycles. The number of aryl methyl sites for hydroxylation is 1. The van der Waals surface area contributed by atoms with Gasteiger partial charge < -0.3 is 10.2 Å². The molecule has 1 aliphatic heterocycles. The second kappa shape index (κ2) is 4.96. The molecule has 0 unspecified atom stereocenters. The molecular formula is C14H17N5O. The van der Waals surface area contributed by atoms with E-state index in [2.05, 4.69) is 45.8 Å². The van der Waals surface area contributed by atoms with Crippen LogP contribution in [-0.4, -0.2) is 34.5 Å². The van der Waals surface area contributed by atoms with Crippen molar-refractivity contribution in [3.05, 3.63) is 41.2 Å². The Kier molecular flexibility index (Phi) is 3.14. The fourth-order valence-corrected chi connectivity index (χ4v) is 2.45. The number of anilines is 1. The van der Waals surface area contributed by atoms with Crippen molar-refractivity contribution in [3.63, 3.8) is 0 Å². The maximum absolute atomic E-state index is 11.9. The van der Waals surface area contributed by atoms with E-state index in [9.17, 15) is 4.79 Å². The summed E-state index contributed by atoms with van der Waals surface area (Å²) in [5, 5.41) is 10.4. The molecule has 20 heavy (non-hydrogen) atoms. The molecule has 2 heterocycles. The van der Waals surface area contributed by atoms with Crippen LogP contribution in [0.2, 0.25) is 0 Å². The fraction of sp³-hybridized carbons (Fsp3) is 0.357. The smallest absolute Gasteiger partial charge is 0.273 e. The Morgan fingerprint density at radius 2 is 2.25 bits per heavy atom. The van der Waals surface area contributed by atoms with E-state index in [1.807, 2.05) is 0 Å². The summed E-state index contributed by atoms with van der Waals surface area (Å²) in [5.41, 5.74) is 4.08. The summed E-state index contributed by atoms with van der Waals surface area (Å²) in [6, 6.07) is 6.33. The summed E-state index contributed by atoms with van der Waals surface area (Å²) in [4.78, 5) is 14.1. The van der Waals surface area contributed by atoms with Crippen molar-refractivity contribution >= 4 is 11.6 Å². The van der Waals surface area contributed by atoms with E-state index >= 15 is 0 Å². The number of aromatic nitrogens is 3. The fourth-order valence-electron chi connectivity index (χ4n) is 2.45. The first-order valence-corrected chi connectivity index (χ1v) is 6.61. The van der Waals surface area contributed by atoms with Gasteiger partial charge in [-0.05, 0) is 23.6 Å². The Bertz CT molecular complexity index is 649. The molecule has 3 rings (SSSR count). The molecule has 0 saturated heterocycles. The van der Waals surface area contributed by atoms with Crippen molar-refractivity contribution in [2.24, 2.45) is 7.05 Å². The van der Waals surface area contributed by atoms with Gasteiger partial charge in [-0.25, -0.2) is 0 Å². The third-order valence-electron chi connectivity index (χ3n) is 3.56. The molecule has 1 N–H and O–H groups in total. The Hall–Kier alpha value is -2.37. The average molecular weight is 271 g/mol. The van der Waals surface area contributed by atoms with Crippen molar-refractivity contribution < 1.29 is 4.79 Å². The minimum absolute atomic E-state index is 0.198. The molecular weight excluding hydrogens is 254 g/mol. The van der Waals surface area contributed by atoms with E-state index in [0.29, 0.717) is 12.2 Å². The molecule has 0 radical (unpaired) electrons. The molecule has 1 aliphatic rings. The van der Waals surface area contributed by atoms with Gasteiger partial charge in [0.15, 0.2) is 5.69 Å². The number of hydrogen-bond acceptors (Lipinski definition) is 4. The minimum atomic E-state index is -0.198. The zero-order valence-corrected chi connectivity index (χ0v) is 11.6. The molecule has 104 valence electrons. The molecule has 1 aromatic heterocycles. The first-order chi connectivity index (χ1) is 9.63. The van der Waals surface area contributed by atoms with Crippen LogP contribution < -0.4 is 10.2 Å². The lowest BCUT2D eigenvalue weighted by Gasteiger charge is -2.12. The van der Waals surface area contributed by atoms with Gasteiger partial charge in [0.1, 0.15) is 0 Å². The summed E-state index contributed by atoms with van der Waals surface area (Å²) >= 11 is 0. The number of hydrogen-bond donors (Lipinski definition) is 1. The number of carbonyl (C=O) groups is 1. The molecule has 6 heteroatoms.